The van der Waals surface area contributed by atoms with Gasteiger partial charge in [-0.05, 0) is 32.4 Å². The summed E-state index contributed by atoms with van der Waals surface area (Å²) in [5.74, 6) is 0.658. The normalized spacial score (nSPS) is 34.7. The monoisotopic (exact) mass is 237 g/mol. The second-order valence-corrected chi connectivity index (χ2v) is 5.66. The summed E-state index contributed by atoms with van der Waals surface area (Å²) in [4.78, 5) is 17.1. The maximum Gasteiger partial charge on any atom is 0.227 e. The molecule has 17 heavy (non-hydrogen) atoms. The van der Waals surface area contributed by atoms with Crippen LogP contribution in [0.1, 0.15) is 25.7 Å². The first-order valence-corrected chi connectivity index (χ1v) is 7.08. The number of piperazine rings is 1. The molecule has 1 amide bonds. The van der Waals surface area contributed by atoms with Gasteiger partial charge in [0.05, 0.1) is 5.92 Å². The molecule has 3 aliphatic rings. The van der Waals surface area contributed by atoms with E-state index >= 15 is 0 Å². The molecule has 4 nitrogen and oxygen atoms in total. The molecular formula is C13H23N3O. The average molecular weight is 237 g/mol. The molecule has 0 bridgehead atoms. The fourth-order valence-corrected chi connectivity index (χ4v) is 3.48. The van der Waals surface area contributed by atoms with Crippen LogP contribution in [-0.2, 0) is 4.79 Å². The van der Waals surface area contributed by atoms with E-state index < -0.39 is 0 Å². The van der Waals surface area contributed by atoms with Gasteiger partial charge in [0.2, 0.25) is 5.91 Å². The Morgan fingerprint density at radius 2 is 2.06 bits per heavy atom. The molecule has 0 aromatic carbocycles. The Balaban J connectivity index is 1.59. The van der Waals surface area contributed by atoms with Crippen molar-refractivity contribution in [1.82, 2.24) is 15.1 Å². The van der Waals surface area contributed by atoms with Crippen molar-refractivity contribution < 1.29 is 4.79 Å². The summed E-state index contributed by atoms with van der Waals surface area (Å²) >= 11 is 0. The van der Waals surface area contributed by atoms with E-state index in [9.17, 15) is 4.79 Å². The molecule has 96 valence electrons. The van der Waals surface area contributed by atoms with Crippen LogP contribution in [0.2, 0.25) is 0 Å². The minimum Gasteiger partial charge on any atom is -0.340 e. The van der Waals surface area contributed by atoms with Crippen LogP contribution in [-0.4, -0.2) is 61.0 Å². The van der Waals surface area contributed by atoms with E-state index in [1.165, 1.54) is 25.8 Å². The van der Waals surface area contributed by atoms with Crippen LogP contribution in [0, 0.1) is 5.92 Å². The third-order valence-electron chi connectivity index (χ3n) is 4.56. The molecule has 3 saturated heterocycles. The lowest BCUT2D eigenvalue weighted by Gasteiger charge is -2.44. The predicted molar refractivity (Wildman–Crippen MR) is 66.8 cm³/mol. The van der Waals surface area contributed by atoms with Crippen LogP contribution in [0.5, 0.6) is 0 Å². The number of fused-ring (bicyclic) bond motifs is 1. The average Bonchev–Trinajstić information content (AvgIpc) is 2.91. The van der Waals surface area contributed by atoms with Gasteiger partial charge in [-0.15, -0.1) is 0 Å². The number of piperidine rings is 1. The summed E-state index contributed by atoms with van der Waals surface area (Å²) in [6, 6.07) is 0.649. The Morgan fingerprint density at radius 1 is 1.12 bits per heavy atom. The van der Waals surface area contributed by atoms with Gasteiger partial charge in [-0.1, -0.05) is 6.42 Å². The summed E-state index contributed by atoms with van der Waals surface area (Å²) in [7, 11) is 0. The molecule has 2 atom stereocenters. The number of hydrogen-bond donors (Lipinski definition) is 1. The quantitative estimate of drug-likeness (QED) is 0.712. The van der Waals surface area contributed by atoms with Crippen LogP contribution >= 0.6 is 0 Å². The first-order chi connectivity index (χ1) is 8.34. The highest BCUT2D eigenvalue weighted by Gasteiger charge is 2.34. The van der Waals surface area contributed by atoms with E-state index in [0.29, 0.717) is 11.9 Å². The van der Waals surface area contributed by atoms with Crippen LogP contribution in [0.15, 0.2) is 0 Å². The van der Waals surface area contributed by atoms with Crippen molar-refractivity contribution in [2.24, 2.45) is 5.92 Å². The molecule has 3 heterocycles. The maximum atomic E-state index is 12.3. The zero-order chi connectivity index (χ0) is 11.7. The van der Waals surface area contributed by atoms with Gasteiger partial charge in [0.15, 0.2) is 0 Å². The van der Waals surface area contributed by atoms with Crippen molar-refractivity contribution in [2.75, 3.05) is 39.3 Å². The van der Waals surface area contributed by atoms with Crippen LogP contribution in [0.3, 0.4) is 0 Å². The standard InChI is InChI=1S/C13H23N3O/c17-13(11-4-5-14-9-11)16-8-7-15-6-2-1-3-12(15)10-16/h11-12,14H,1-10H2. The number of nitrogens with one attached hydrogen (secondary N) is 1. The van der Waals surface area contributed by atoms with Crippen molar-refractivity contribution in [3.63, 3.8) is 0 Å². The van der Waals surface area contributed by atoms with Crippen molar-refractivity contribution in [1.29, 1.82) is 0 Å². The van der Waals surface area contributed by atoms with Crippen LogP contribution < -0.4 is 5.32 Å². The topological polar surface area (TPSA) is 35.6 Å². The molecule has 3 fully saturated rings. The summed E-state index contributed by atoms with van der Waals surface area (Å²) in [5, 5.41) is 3.29. The van der Waals surface area contributed by atoms with E-state index in [4.69, 9.17) is 0 Å². The Hall–Kier alpha value is -0.610. The van der Waals surface area contributed by atoms with E-state index in [1.54, 1.807) is 0 Å². The van der Waals surface area contributed by atoms with Crippen LogP contribution in [0.25, 0.3) is 0 Å². The third kappa shape index (κ3) is 2.33. The van der Waals surface area contributed by atoms with Gasteiger partial charge < -0.3 is 10.2 Å². The number of nitrogens with zero attached hydrogens (tertiary/aromatic N) is 2. The molecule has 0 aliphatic carbocycles. The largest absolute Gasteiger partial charge is 0.340 e. The second-order valence-electron chi connectivity index (χ2n) is 5.66. The molecule has 0 spiro atoms. The fraction of sp³-hybridized carbons (Fsp3) is 0.923. The van der Waals surface area contributed by atoms with Gasteiger partial charge in [0, 0.05) is 32.2 Å². The van der Waals surface area contributed by atoms with Gasteiger partial charge in [0.25, 0.3) is 0 Å². The highest BCUT2D eigenvalue weighted by atomic mass is 16.2. The lowest BCUT2D eigenvalue weighted by molar-refractivity contribution is -0.138. The van der Waals surface area contributed by atoms with Crippen molar-refractivity contribution in [2.45, 2.75) is 31.7 Å². The Bertz CT molecular complexity index is 288. The van der Waals surface area contributed by atoms with Crippen molar-refractivity contribution in [3.8, 4) is 0 Å². The number of hydrogen-bond acceptors (Lipinski definition) is 3. The van der Waals surface area contributed by atoms with Gasteiger partial charge >= 0.3 is 0 Å². The lowest BCUT2D eigenvalue weighted by Crippen LogP contribution is -2.57. The lowest BCUT2D eigenvalue weighted by atomic mass is 9.98. The molecule has 0 radical (unpaired) electrons. The molecule has 0 aromatic rings. The molecule has 2 unspecified atom stereocenters. The highest BCUT2D eigenvalue weighted by Crippen LogP contribution is 2.22. The minimum absolute atomic E-state index is 0.255. The van der Waals surface area contributed by atoms with Crippen LogP contribution in [0.4, 0.5) is 0 Å². The van der Waals surface area contributed by atoms with E-state index in [1.807, 2.05) is 0 Å². The van der Waals surface area contributed by atoms with E-state index in [-0.39, 0.29) is 5.92 Å². The number of rotatable bonds is 1. The number of amides is 1. The number of carbonyl (C=O) groups excluding carboxylic acids is 1. The fourth-order valence-electron chi connectivity index (χ4n) is 3.48. The van der Waals surface area contributed by atoms with Gasteiger partial charge in [-0.2, -0.15) is 0 Å². The van der Waals surface area contributed by atoms with E-state index in [0.717, 1.165) is 39.1 Å². The Kier molecular flexibility index (Phi) is 3.34. The summed E-state index contributed by atoms with van der Waals surface area (Å²) in [5.41, 5.74) is 0. The first-order valence-electron chi connectivity index (χ1n) is 7.08. The molecule has 3 aliphatic heterocycles. The summed E-state index contributed by atoms with van der Waals surface area (Å²) < 4.78 is 0. The zero-order valence-electron chi connectivity index (χ0n) is 10.5. The van der Waals surface area contributed by atoms with Gasteiger partial charge in [-0.3, -0.25) is 9.69 Å². The Labute approximate surface area is 103 Å². The second kappa shape index (κ2) is 4.94. The molecular weight excluding hydrogens is 214 g/mol. The minimum atomic E-state index is 0.255. The molecule has 4 heteroatoms. The smallest absolute Gasteiger partial charge is 0.227 e. The Morgan fingerprint density at radius 3 is 2.88 bits per heavy atom. The molecule has 0 aromatic heterocycles. The van der Waals surface area contributed by atoms with Crippen molar-refractivity contribution in [3.05, 3.63) is 0 Å². The number of carbonyl (C=O) groups is 1. The molecule has 3 rings (SSSR count). The maximum absolute atomic E-state index is 12.3. The summed E-state index contributed by atoms with van der Waals surface area (Å²) in [6.45, 7) is 6.18. The van der Waals surface area contributed by atoms with E-state index in [2.05, 4.69) is 15.1 Å². The highest BCUT2D eigenvalue weighted by molar-refractivity contribution is 5.79. The van der Waals surface area contributed by atoms with Gasteiger partial charge in [-0.25, -0.2) is 0 Å². The molecule has 0 saturated carbocycles. The molecule has 1 N–H and O–H groups in total. The van der Waals surface area contributed by atoms with Gasteiger partial charge in [0.1, 0.15) is 0 Å². The summed E-state index contributed by atoms with van der Waals surface area (Å²) in [6.07, 6.45) is 5.00. The first kappa shape index (κ1) is 11.5. The van der Waals surface area contributed by atoms with Crippen molar-refractivity contribution >= 4 is 5.91 Å². The predicted octanol–water partition coefficient (Wildman–Crippen LogP) is 0.293. The third-order valence-corrected chi connectivity index (χ3v) is 4.56. The zero-order valence-corrected chi connectivity index (χ0v) is 10.5. The SMILES string of the molecule is O=C(C1CCNC1)N1CCN2CCCCC2C1.